The maximum Gasteiger partial charge on any atom is 0.190 e. The number of allylic oxidation sites excluding steroid dienone is 4. The van der Waals surface area contributed by atoms with E-state index in [1.165, 1.54) is 0 Å². The fourth-order valence-corrected chi connectivity index (χ4v) is 6.52. The molecule has 5 rings (SSSR count). The summed E-state index contributed by atoms with van der Waals surface area (Å²) in [6, 6.07) is 16.3. The van der Waals surface area contributed by atoms with Gasteiger partial charge in [-0.1, -0.05) is 36.4 Å². The number of ketones is 2. The van der Waals surface area contributed by atoms with E-state index in [-0.39, 0.29) is 11.6 Å². The molecule has 2 aromatic heterocycles. The molecular formula is C26H20O2S2. The number of benzene rings is 2. The van der Waals surface area contributed by atoms with E-state index in [1.54, 1.807) is 36.5 Å². The lowest BCUT2D eigenvalue weighted by Gasteiger charge is -2.22. The normalized spacial score (nSPS) is 15.2. The summed E-state index contributed by atoms with van der Waals surface area (Å²) >= 11 is 3.35. The SMILES string of the molecule is CC1=C(C)C(=O)C(c2c(C)sc3ccccc23)=C(c2c(C)sc3ccccc23)C1=O. The number of carbonyl (C=O) groups excluding carboxylic acids is 2. The number of hydrogen-bond donors (Lipinski definition) is 0. The molecule has 2 nitrogen and oxygen atoms in total. The van der Waals surface area contributed by atoms with Crippen molar-refractivity contribution in [2.24, 2.45) is 0 Å². The summed E-state index contributed by atoms with van der Waals surface area (Å²) in [7, 11) is 0. The van der Waals surface area contributed by atoms with Crippen molar-refractivity contribution >= 4 is 65.6 Å². The van der Waals surface area contributed by atoms with Gasteiger partial charge in [-0.05, 0) is 39.8 Å². The molecule has 0 unspecified atom stereocenters. The van der Waals surface area contributed by atoms with Crippen molar-refractivity contribution in [1.29, 1.82) is 0 Å². The number of hydrogen-bond acceptors (Lipinski definition) is 4. The van der Waals surface area contributed by atoms with Crippen LogP contribution in [0.3, 0.4) is 0 Å². The summed E-state index contributed by atoms with van der Waals surface area (Å²) in [6.45, 7) is 7.63. The number of Topliss-reactive ketones (excluding diaryl/α,β-unsaturated/α-hetero) is 2. The van der Waals surface area contributed by atoms with Crippen molar-refractivity contribution in [2.45, 2.75) is 27.7 Å². The number of rotatable bonds is 2. The first-order valence-electron chi connectivity index (χ1n) is 9.88. The minimum atomic E-state index is -0.0385. The van der Waals surface area contributed by atoms with Gasteiger partial charge in [-0.2, -0.15) is 0 Å². The molecule has 0 radical (unpaired) electrons. The van der Waals surface area contributed by atoms with Gasteiger partial charge in [0.15, 0.2) is 11.6 Å². The monoisotopic (exact) mass is 428 g/mol. The molecule has 30 heavy (non-hydrogen) atoms. The van der Waals surface area contributed by atoms with Gasteiger partial charge in [0.05, 0.1) is 0 Å². The second-order valence-corrected chi connectivity index (χ2v) is 10.2. The topological polar surface area (TPSA) is 34.1 Å². The summed E-state index contributed by atoms with van der Waals surface area (Å²) in [5.74, 6) is -0.0770. The average Bonchev–Trinajstić information content (AvgIpc) is 3.24. The largest absolute Gasteiger partial charge is 0.289 e. The van der Waals surface area contributed by atoms with E-state index in [4.69, 9.17) is 0 Å². The molecule has 2 heterocycles. The Morgan fingerprint density at radius 1 is 0.567 bits per heavy atom. The van der Waals surface area contributed by atoms with Crippen LogP contribution in [-0.4, -0.2) is 11.6 Å². The van der Waals surface area contributed by atoms with Gasteiger partial charge in [-0.3, -0.25) is 9.59 Å². The summed E-state index contributed by atoms with van der Waals surface area (Å²) in [5.41, 5.74) is 4.03. The van der Waals surface area contributed by atoms with Crippen LogP contribution in [0.4, 0.5) is 0 Å². The first kappa shape index (κ1) is 19.2. The number of fused-ring (bicyclic) bond motifs is 2. The van der Waals surface area contributed by atoms with E-state index < -0.39 is 0 Å². The van der Waals surface area contributed by atoms with Gasteiger partial charge in [-0.15, -0.1) is 22.7 Å². The van der Waals surface area contributed by atoms with Crippen molar-refractivity contribution in [1.82, 2.24) is 0 Å². The van der Waals surface area contributed by atoms with E-state index in [0.717, 1.165) is 41.1 Å². The highest BCUT2D eigenvalue weighted by atomic mass is 32.1. The van der Waals surface area contributed by atoms with E-state index in [0.29, 0.717) is 22.3 Å². The molecule has 0 spiro atoms. The Morgan fingerprint density at radius 2 is 0.933 bits per heavy atom. The van der Waals surface area contributed by atoms with Gasteiger partial charge in [0.2, 0.25) is 0 Å². The van der Waals surface area contributed by atoms with Gasteiger partial charge in [0.25, 0.3) is 0 Å². The number of carbonyl (C=O) groups is 2. The lowest BCUT2D eigenvalue weighted by Crippen LogP contribution is -2.21. The molecule has 0 saturated carbocycles. The quantitative estimate of drug-likeness (QED) is 0.318. The Balaban J connectivity index is 1.96. The van der Waals surface area contributed by atoms with E-state index in [9.17, 15) is 9.59 Å². The summed E-state index contributed by atoms with van der Waals surface area (Å²) in [5, 5.41) is 2.08. The zero-order chi connectivity index (χ0) is 21.2. The zero-order valence-electron chi connectivity index (χ0n) is 17.3. The highest BCUT2D eigenvalue weighted by Crippen LogP contribution is 2.46. The zero-order valence-corrected chi connectivity index (χ0v) is 18.9. The molecule has 1 aliphatic carbocycles. The van der Waals surface area contributed by atoms with Crippen molar-refractivity contribution in [2.75, 3.05) is 0 Å². The lowest BCUT2D eigenvalue weighted by molar-refractivity contribution is -0.113. The predicted molar refractivity (Wildman–Crippen MR) is 128 cm³/mol. The Labute approximate surface area is 183 Å². The summed E-state index contributed by atoms with van der Waals surface area (Å²) < 4.78 is 2.26. The summed E-state index contributed by atoms with van der Waals surface area (Å²) in [6.07, 6.45) is 0. The Bertz CT molecular complexity index is 1350. The van der Waals surface area contributed by atoms with Crippen LogP contribution in [0.5, 0.6) is 0 Å². The fraction of sp³-hybridized carbons (Fsp3) is 0.154. The molecule has 4 aromatic rings. The number of thiophene rings is 2. The van der Waals surface area contributed by atoms with Crippen LogP contribution in [0.2, 0.25) is 0 Å². The molecule has 0 amide bonds. The van der Waals surface area contributed by atoms with Crippen molar-refractivity contribution < 1.29 is 9.59 Å². The minimum absolute atomic E-state index is 0.0385. The van der Waals surface area contributed by atoms with E-state index >= 15 is 0 Å². The van der Waals surface area contributed by atoms with Gasteiger partial charge in [0, 0.05) is 63.3 Å². The number of aryl methyl sites for hydroxylation is 2. The smallest absolute Gasteiger partial charge is 0.190 e. The van der Waals surface area contributed by atoms with Gasteiger partial charge < -0.3 is 0 Å². The van der Waals surface area contributed by atoms with Crippen LogP contribution < -0.4 is 0 Å². The second kappa shape index (κ2) is 6.86. The van der Waals surface area contributed by atoms with Gasteiger partial charge in [-0.25, -0.2) is 0 Å². The fourth-order valence-electron chi connectivity index (χ4n) is 4.38. The lowest BCUT2D eigenvalue weighted by atomic mass is 9.78. The van der Waals surface area contributed by atoms with Crippen molar-refractivity contribution in [3.63, 3.8) is 0 Å². The molecule has 4 heteroatoms. The average molecular weight is 429 g/mol. The van der Waals surface area contributed by atoms with Crippen LogP contribution in [0.1, 0.15) is 34.7 Å². The Hall–Kier alpha value is -2.82. The standard InChI is InChI=1S/C26H20O2S2/c1-13-14(2)26(28)24(22-16(4)30-20-12-8-6-10-18(20)22)23(25(13)27)21-15(3)29-19-11-7-5-9-17(19)21/h5-12H,1-4H3. The highest BCUT2D eigenvalue weighted by molar-refractivity contribution is 7.20. The second-order valence-electron chi connectivity index (χ2n) is 7.72. The Morgan fingerprint density at radius 3 is 1.33 bits per heavy atom. The molecule has 148 valence electrons. The van der Waals surface area contributed by atoms with Crippen molar-refractivity contribution in [3.05, 3.63) is 80.6 Å². The molecule has 0 aliphatic heterocycles. The molecule has 1 aliphatic rings. The molecule has 0 saturated heterocycles. The van der Waals surface area contributed by atoms with Crippen molar-refractivity contribution in [3.8, 4) is 0 Å². The molecule has 0 atom stereocenters. The van der Waals surface area contributed by atoms with E-state index in [2.05, 4.69) is 24.3 Å². The van der Waals surface area contributed by atoms with Crippen LogP contribution >= 0.6 is 22.7 Å². The first-order chi connectivity index (χ1) is 14.4. The highest BCUT2D eigenvalue weighted by Gasteiger charge is 2.35. The molecule has 0 bridgehead atoms. The third-order valence-corrected chi connectivity index (χ3v) is 8.16. The Kier molecular flexibility index (Phi) is 4.38. The third kappa shape index (κ3) is 2.60. The maximum atomic E-state index is 13.7. The maximum absolute atomic E-state index is 13.7. The third-order valence-electron chi connectivity index (χ3n) is 5.99. The van der Waals surface area contributed by atoms with Gasteiger partial charge in [0.1, 0.15) is 0 Å². The molecule has 0 N–H and O–H groups in total. The predicted octanol–water partition coefficient (Wildman–Crippen LogP) is 7.13. The van der Waals surface area contributed by atoms with Gasteiger partial charge >= 0.3 is 0 Å². The van der Waals surface area contributed by atoms with Crippen LogP contribution in [0.25, 0.3) is 31.3 Å². The van der Waals surface area contributed by atoms with Crippen LogP contribution in [-0.2, 0) is 9.59 Å². The molecular weight excluding hydrogens is 408 g/mol. The first-order valence-corrected chi connectivity index (χ1v) is 11.5. The summed E-state index contributed by atoms with van der Waals surface area (Å²) in [4.78, 5) is 29.5. The van der Waals surface area contributed by atoms with Crippen LogP contribution in [0, 0.1) is 13.8 Å². The van der Waals surface area contributed by atoms with E-state index in [1.807, 2.05) is 38.1 Å². The minimum Gasteiger partial charge on any atom is -0.289 e. The molecule has 0 fully saturated rings. The van der Waals surface area contributed by atoms with Crippen LogP contribution in [0.15, 0.2) is 59.7 Å². The molecule has 2 aromatic carbocycles.